The first-order valence-electron chi connectivity index (χ1n) is 12.8. The van der Waals surface area contributed by atoms with Crippen molar-refractivity contribution in [1.82, 2.24) is 24.8 Å². The second-order valence-electron chi connectivity index (χ2n) is 9.82. The fourth-order valence-electron chi connectivity index (χ4n) is 5.47. The molecule has 0 radical (unpaired) electrons. The van der Waals surface area contributed by atoms with Crippen LogP contribution >= 0.6 is 0 Å². The standard InChI is InChI=1S/C26H30FN7O3/c27-21(17-2-5-28-6-3-17)16-33-15-18-12-22(23(13-19(18)26(33)36)32-8-10-37-11-9-32)31-25(35)20-14-30-34-7-1-4-29-24(20)34/h1,4,7,12-14,17,21,28H,2-3,5-6,8-11,15-16H2,(H,31,35). The van der Waals surface area contributed by atoms with Gasteiger partial charge in [0, 0.05) is 37.6 Å². The van der Waals surface area contributed by atoms with Crippen LogP contribution in [0.4, 0.5) is 15.8 Å². The van der Waals surface area contributed by atoms with E-state index in [1.165, 1.54) is 6.20 Å². The molecule has 11 heteroatoms. The predicted molar refractivity (Wildman–Crippen MR) is 136 cm³/mol. The van der Waals surface area contributed by atoms with Crippen LogP contribution in [0.2, 0.25) is 0 Å². The lowest BCUT2D eigenvalue weighted by atomic mass is 9.93. The molecule has 0 bridgehead atoms. The van der Waals surface area contributed by atoms with E-state index < -0.39 is 6.17 Å². The number of benzene rings is 1. The van der Waals surface area contributed by atoms with E-state index in [0.29, 0.717) is 55.3 Å². The van der Waals surface area contributed by atoms with Gasteiger partial charge < -0.3 is 25.2 Å². The van der Waals surface area contributed by atoms with Gasteiger partial charge in [-0.2, -0.15) is 5.10 Å². The number of nitrogens with zero attached hydrogens (tertiary/aromatic N) is 5. The Balaban J connectivity index is 1.28. The maximum Gasteiger partial charge on any atom is 0.261 e. The number of carbonyl (C=O) groups is 2. The third-order valence-corrected chi connectivity index (χ3v) is 7.51. The number of fused-ring (bicyclic) bond motifs is 2. The molecule has 0 saturated carbocycles. The topological polar surface area (TPSA) is 104 Å². The monoisotopic (exact) mass is 507 g/mol. The van der Waals surface area contributed by atoms with Gasteiger partial charge in [0.1, 0.15) is 11.7 Å². The lowest BCUT2D eigenvalue weighted by molar-refractivity contribution is 0.0672. The van der Waals surface area contributed by atoms with Gasteiger partial charge in [-0.05, 0) is 55.6 Å². The number of morpholine rings is 1. The van der Waals surface area contributed by atoms with Crippen LogP contribution in [0.3, 0.4) is 0 Å². The first kappa shape index (κ1) is 23.8. The minimum atomic E-state index is -1.05. The van der Waals surface area contributed by atoms with Crippen molar-refractivity contribution in [3.8, 4) is 0 Å². The summed E-state index contributed by atoms with van der Waals surface area (Å²) in [7, 11) is 0. The van der Waals surface area contributed by atoms with Gasteiger partial charge in [0.2, 0.25) is 0 Å². The van der Waals surface area contributed by atoms with Crippen molar-refractivity contribution in [3.63, 3.8) is 0 Å². The Labute approximate surface area is 213 Å². The zero-order valence-electron chi connectivity index (χ0n) is 20.5. The molecular formula is C26H30FN7O3. The summed E-state index contributed by atoms with van der Waals surface area (Å²) in [6, 6.07) is 5.44. The number of piperidine rings is 1. The SMILES string of the molecule is O=C(Nc1cc2c(cc1N1CCOCC1)C(=O)N(CC(F)C1CCNCC1)C2)c1cnn2cccnc12. The molecule has 2 aromatic heterocycles. The molecular weight excluding hydrogens is 477 g/mol. The number of amides is 2. The van der Waals surface area contributed by atoms with Gasteiger partial charge in [-0.15, -0.1) is 0 Å². The van der Waals surface area contributed by atoms with E-state index in [0.717, 1.165) is 37.2 Å². The van der Waals surface area contributed by atoms with Crippen molar-refractivity contribution >= 4 is 28.8 Å². The highest BCUT2D eigenvalue weighted by atomic mass is 19.1. The van der Waals surface area contributed by atoms with Crippen LogP contribution in [-0.2, 0) is 11.3 Å². The van der Waals surface area contributed by atoms with Gasteiger partial charge in [0.05, 0.1) is 37.3 Å². The van der Waals surface area contributed by atoms with E-state index >= 15 is 4.39 Å². The van der Waals surface area contributed by atoms with Crippen molar-refractivity contribution < 1.29 is 18.7 Å². The van der Waals surface area contributed by atoms with Gasteiger partial charge in [0.15, 0.2) is 5.65 Å². The average Bonchev–Trinajstić information content (AvgIpc) is 3.50. The zero-order valence-corrected chi connectivity index (χ0v) is 20.5. The van der Waals surface area contributed by atoms with Gasteiger partial charge in [0.25, 0.3) is 11.8 Å². The van der Waals surface area contributed by atoms with E-state index in [-0.39, 0.29) is 24.3 Å². The van der Waals surface area contributed by atoms with Crippen molar-refractivity contribution in [3.05, 3.63) is 53.5 Å². The molecule has 3 aliphatic heterocycles. The van der Waals surface area contributed by atoms with Crippen LogP contribution < -0.4 is 15.5 Å². The van der Waals surface area contributed by atoms with Gasteiger partial charge in [-0.25, -0.2) is 13.9 Å². The van der Waals surface area contributed by atoms with Crippen LogP contribution in [0.25, 0.3) is 5.65 Å². The third kappa shape index (κ3) is 4.64. The number of carbonyl (C=O) groups excluding carboxylic acids is 2. The number of hydrogen-bond acceptors (Lipinski definition) is 7. The van der Waals surface area contributed by atoms with Crippen LogP contribution in [0, 0.1) is 5.92 Å². The highest BCUT2D eigenvalue weighted by Gasteiger charge is 2.34. The number of halogens is 1. The molecule has 2 saturated heterocycles. The minimum Gasteiger partial charge on any atom is -0.378 e. The first-order valence-corrected chi connectivity index (χ1v) is 12.8. The van der Waals surface area contributed by atoms with E-state index in [2.05, 4.69) is 25.6 Å². The van der Waals surface area contributed by atoms with Crippen molar-refractivity contribution in [2.75, 3.05) is 56.2 Å². The molecule has 2 N–H and O–H groups in total. The van der Waals surface area contributed by atoms with Gasteiger partial charge in [-0.3, -0.25) is 9.59 Å². The van der Waals surface area contributed by atoms with Crippen molar-refractivity contribution in [2.24, 2.45) is 5.92 Å². The summed E-state index contributed by atoms with van der Waals surface area (Å²) in [5, 5.41) is 10.5. The fraction of sp³-hybridized carbons (Fsp3) is 0.462. The molecule has 3 aromatic rings. The Bertz CT molecular complexity index is 1320. The second kappa shape index (κ2) is 10.1. The van der Waals surface area contributed by atoms with Crippen LogP contribution in [-0.4, -0.2) is 83.4 Å². The molecule has 5 heterocycles. The summed E-state index contributed by atoms with van der Waals surface area (Å²) in [6.45, 7) is 4.43. The van der Waals surface area contributed by atoms with Crippen LogP contribution in [0.1, 0.15) is 39.1 Å². The molecule has 0 spiro atoms. The molecule has 3 aliphatic rings. The maximum atomic E-state index is 15.1. The predicted octanol–water partition coefficient (Wildman–Crippen LogP) is 2.11. The molecule has 0 aliphatic carbocycles. The Morgan fingerprint density at radius 3 is 2.86 bits per heavy atom. The molecule has 10 nitrogen and oxygen atoms in total. The quantitative estimate of drug-likeness (QED) is 0.527. The summed E-state index contributed by atoms with van der Waals surface area (Å²) in [6.07, 6.45) is 5.35. The minimum absolute atomic E-state index is 0.0315. The summed E-state index contributed by atoms with van der Waals surface area (Å²) >= 11 is 0. The number of anilines is 2. The summed E-state index contributed by atoms with van der Waals surface area (Å²) in [5.41, 5.74) is 3.52. The summed E-state index contributed by atoms with van der Waals surface area (Å²) in [5.74, 6) is -0.527. The molecule has 2 fully saturated rings. The molecule has 194 valence electrons. The summed E-state index contributed by atoms with van der Waals surface area (Å²) < 4.78 is 22.2. The maximum absolute atomic E-state index is 15.1. The Morgan fingerprint density at radius 2 is 2.05 bits per heavy atom. The fourth-order valence-corrected chi connectivity index (χ4v) is 5.47. The summed E-state index contributed by atoms with van der Waals surface area (Å²) in [4.78, 5) is 34.6. The largest absolute Gasteiger partial charge is 0.378 e. The number of alkyl halides is 1. The number of hydrogen-bond donors (Lipinski definition) is 2. The van der Waals surface area contributed by atoms with E-state index in [1.54, 1.807) is 27.9 Å². The molecule has 1 unspecified atom stereocenters. The molecule has 2 amide bonds. The van der Waals surface area contributed by atoms with E-state index in [1.807, 2.05) is 12.1 Å². The Kier molecular flexibility index (Phi) is 6.47. The number of ether oxygens (including phenoxy) is 1. The lowest BCUT2D eigenvalue weighted by Gasteiger charge is -2.31. The number of rotatable bonds is 6. The third-order valence-electron chi connectivity index (χ3n) is 7.51. The Morgan fingerprint density at radius 1 is 1.24 bits per heavy atom. The van der Waals surface area contributed by atoms with Gasteiger partial charge in [-0.1, -0.05) is 0 Å². The molecule has 6 rings (SSSR count). The van der Waals surface area contributed by atoms with Crippen LogP contribution in [0.15, 0.2) is 36.8 Å². The van der Waals surface area contributed by atoms with Crippen molar-refractivity contribution in [2.45, 2.75) is 25.6 Å². The molecule has 1 aromatic carbocycles. The molecule has 37 heavy (non-hydrogen) atoms. The zero-order chi connectivity index (χ0) is 25.4. The molecule has 1 atom stereocenters. The van der Waals surface area contributed by atoms with Crippen LogP contribution in [0.5, 0.6) is 0 Å². The lowest BCUT2D eigenvalue weighted by Crippen LogP contribution is -2.39. The second-order valence-corrected chi connectivity index (χ2v) is 9.82. The van der Waals surface area contributed by atoms with E-state index in [4.69, 9.17) is 4.74 Å². The number of aromatic nitrogens is 3. The number of nitrogens with one attached hydrogen (secondary N) is 2. The highest BCUT2D eigenvalue weighted by molar-refractivity contribution is 6.10. The average molecular weight is 508 g/mol. The normalized spacial score (nSPS) is 19.3. The first-order chi connectivity index (χ1) is 18.1. The smallest absolute Gasteiger partial charge is 0.261 e. The van der Waals surface area contributed by atoms with E-state index in [9.17, 15) is 9.59 Å². The van der Waals surface area contributed by atoms with Crippen molar-refractivity contribution in [1.29, 1.82) is 0 Å². The Hall–Kier alpha value is -3.57. The highest BCUT2D eigenvalue weighted by Crippen LogP contribution is 2.36. The van der Waals surface area contributed by atoms with Gasteiger partial charge >= 0.3 is 0 Å².